The van der Waals surface area contributed by atoms with Gasteiger partial charge in [-0.25, -0.2) is 0 Å². The van der Waals surface area contributed by atoms with Crippen molar-refractivity contribution in [3.63, 3.8) is 0 Å². The summed E-state index contributed by atoms with van der Waals surface area (Å²) in [4.78, 5) is 7.33. The molecule has 0 spiro atoms. The van der Waals surface area contributed by atoms with Crippen LogP contribution in [0.15, 0.2) is 0 Å². The maximum atomic E-state index is 8.53. The molecular weight excluding hydrogens is 162 g/mol. The Hall–Kier alpha value is -1.76. The molecular formula is C5H9N5O2. The van der Waals surface area contributed by atoms with Crippen LogP contribution in [0.4, 0.5) is 17.3 Å². The molecule has 0 fully saturated rings. The molecule has 7 heteroatoms. The van der Waals surface area contributed by atoms with Crippen molar-refractivity contribution in [3.8, 4) is 6.01 Å². The Labute approximate surface area is 68.3 Å². The predicted molar refractivity (Wildman–Crippen MR) is 42.8 cm³/mol. The average Bonchev–Trinajstić information content (AvgIpc) is 2.03. The number of anilines is 3. The van der Waals surface area contributed by atoms with Gasteiger partial charge in [0.2, 0.25) is 0 Å². The van der Waals surface area contributed by atoms with Crippen molar-refractivity contribution in [2.75, 3.05) is 24.1 Å². The lowest BCUT2D eigenvalue weighted by Gasteiger charge is -2.06. The van der Waals surface area contributed by atoms with Gasteiger partial charge in [0.25, 0.3) is 0 Å². The van der Waals surface area contributed by atoms with Crippen molar-refractivity contribution in [2.45, 2.75) is 0 Å². The highest BCUT2D eigenvalue weighted by Crippen LogP contribution is 2.23. The zero-order chi connectivity index (χ0) is 9.14. The van der Waals surface area contributed by atoms with Crippen LogP contribution in [0.1, 0.15) is 0 Å². The van der Waals surface area contributed by atoms with Crippen molar-refractivity contribution in [1.29, 1.82) is 0 Å². The van der Waals surface area contributed by atoms with E-state index in [1.54, 1.807) is 5.48 Å². The molecule has 12 heavy (non-hydrogen) atoms. The van der Waals surface area contributed by atoms with Crippen LogP contribution in [0.3, 0.4) is 0 Å². The summed E-state index contributed by atoms with van der Waals surface area (Å²) in [5, 5.41) is 8.53. The molecule has 1 aromatic rings. The minimum atomic E-state index is 0.0295. The Morgan fingerprint density at radius 2 is 1.83 bits per heavy atom. The van der Waals surface area contributed by atoms with Crippen molar-refractivity contribution < 1.29 is 9.94 Å². The van der Waals surface area contributed by atoms with E-state index in [9.17, 15) is 0 Å². The number of methoxy groups -OCH3 is 1. The maximum absolute atomic E-state index is 8.53. The topological polar surface area (TPSA) is 119 Å². The number of ether oxygens (including phenoxy) is 1. The van der Waals surface area contributed by atoms with Gasteiger partial charge in [0.05, 0.1) is 7.11 Å². The number of hydrogen-bond donors (Lipinski definition) is 4. The third-order valence-corrected chi connectivity index (χ3v) is 1.24. The SMILES string of the molecule is COc1nc(N)c(NO)c(N)n1. The molecule has 0 atom stereocenters. The minimum Gasteiger partial charge on any atom is -0.467 e. The second-order valence-electron chi connectivity index (χ2n) is 1.97. The van der Waals surface area contributed by atoms with Crippen LogP contribution >= 0.6 is 0 Å². The van der Waals surface area contributed by atoms with Crippen LogP contribution in [-0.4, -0.2) is 22.3 Å². The Morgan fingerprint density at radius 3 is 2.17 bits per heavy atom. The summed E-state index contributed by atoms with van der Waals surface area (Å²) in [5.74, 6) is 0.0590. The smallest absolute Gasteiger partial charge is 0.320 e. The fourth-order valence-electron chi connectivity index (χ4n) is 0.680. The van der Waals surface area contributed by atoms with E-state index in [0.717, 1.165) is 0 Å². The van der Waals surface area contributed by atoms with Crippen molar-refractivity contribution in [3.05, 3.63) is 0 Å². The van der Waals surface area contributed by atoms with E-state index in [0.29, 0.717) is 0 Å². The fourth-order valence-corrected chi connectivity index (χ4v) is 0.680. The highest BCUT2D eigenvalue weighted by Gasteiger charge is 2.08. The minimum absolute atomic E-state index is 0.0295. The van der Waals surface area contributed by atoms with Crippen LogP contribution < -0.4 is 21.7 Å². The summed E-state index contributed by atoms with van der Waals surface area (Å²) < 4.78 is 4.68. The Morgan fingerprint density at radius 1 is 1.33 bits per heavy atom. The first-order chi connectivity index (χ1) is 5.69. The second-order valence-corrected chi connectivity index (χ2v) is 1.97. The van der Waals surface area contributed by atoms with Crippen LogP contribution in [0.5, 0.6) is 6.01 Å². The summed E-state index contributed by atoms with van der Waals surface area (Å²) in [6, 6.07) is 0.0593. The van der Waals surface area contributed by atoms with E-state index in [4.69, 9.17) is 16.7 Å². The summed E-state index contributed by atoms with van der Waals surface area (Å²) in [7, 11) is 1.39. The van der Waals surface area contributed by atoms with Crippen LogP contribution in [0, 0.1) is 0 Å². The molecule has 0 bridgehead atoms. The van der Waals surface area contributed by atoms with Gasteiger partial charge in [-0.15, -0.1) is 0 Å². The molecule has 0 radical (unpaired) electrons. The van der Waals surface area contributed by atoms with Gasteiger partial charge in [0, 0.05) is 0 Å². The second kappa shape index (κ2) is 3.09. The van der Waals surface area contributed by atoms with Crippen molar-refractivity contribution in [2.24, 2.45) is 0 Å². The van der Waals surface area contributed by atoms with Crippen molar-refractivity contribution >= 4 is 17.3 Å². The molecule has 0 aliphatic carbocycles. The van der Waals surface area contributed by atoms with Gasteiger partial charge in [0.15, 0.2) is 11.6 Å². The Balaban J connectivity index is 3.18. The maximum Gasteiger partial charge on any atom is 0.320 e. The van der Waals surface area contributed by atoms with E-state index in [1.807, 2.05) is 0 Å². The van der Waals surface area contributed by atoms with Gasteiger partial charge in [-0.3, -0.25) is 10.7 Å². The van der Waals surface area contributed by atoms with Gasteiger partial charge in [-0.2, -0.15) is 9.97 Å². The first-order valence-electron chi connectivity index (χ1n) is 3.06. The Kier molecular flexibility index (Phi) is 2.15. The molecule has 0 saturated carbocycles. The van der Waals surface area contributed by atoms with Gasteiger partial charge in [-0.1, -0.05) is 0 Å². The van der Waals surface area contributed by atoms with Gasteiger partial charge < -0.3 is 16.2 Å². The van der Waals surface area contributed by atoms with E-state index >= 15 is 0 Å². The van der Waals surface area contributed by atoms with E-state index in [-0.39, 0.29) is 23.3 Å². The molecule has 7 nitrogen and oxygen atoms in total. The van der Waals surface area contributed by atoms with Gasteiger partial charge >= 0.3 is 6.01 Å². The molecule has 6 N–H and O–H groups in total. The third kappa shape index (κ3) is 1.30. The fraction of sp³-hybridized carbons (Fsp3) is 0.200. The molecule has 0 aliphatic heterocycles. The number of aromatic nitrogens is 2. The lowest BCUT2D eigenvalue weighted by Crippen LogP contribution is -2.07. The number of hydrogen-bond acceptors (Lipinski definition) is 7. The van der Waals surface area contributed by atoms with Crippen LogP contribution in [-0.2, 0) is 0 Å². The molecule has 0 unspecified atom stereocenters. The lowest BCUT2D eigenvalue weighted by atomic mass is 10.4. The van der Waals surface area contributed by atoms with E-state index < -0.39 is 0 Å². The zero-order valence-corrected chi connectivity index (χ0v) is 6.40. The number of nitrogen functional groups attached to an aromatic ring is 2. The quantitative estimate of drug-likeness (QED) is 0.440. The lowest BCUT2D eigenvalue weighted by molar-refractivity contribution is 0.377. The van der Waals surface area contributed by atoms with Crippen LogP contribution in [0.25, 0.3) is 0 Å². The molecule has 0 saturated heterocycles. The molecule has 1 rings (SSSR count). The molecule has 1 heterocycles. The molecule has 0 aromatic carbocycles. The largest absolute Gasteiger partial charge is 0.467 e. The predicted octanol–water partition coefficient (Wildman–Crippen LogP) is -0.549. The number of nitrogens with one attached hydrogen (secondary N) is 1. The molecule has 0 amide bonds. The van der Waals surface area contributed by atoms with E-state index in [1.165, 1.54) is 7.11 Å². The highest BCUT2D eigenvalue weighted by molar-refractivity contribution is 5.72. The summed E-state index contributed by atoms with van der Waals surface area (Å²) in [6.07, 6.45) is 0. The number of rotatable bonds is 2. The molecule has 0 aliphatic rings. The summed E-state index contributed by atoms with van der Waals surface area (Å²) in [5.41, 5.74) is 12.6. The zero-order valence-electron chi connectivity index (χ0n) is 6.40. The molecule has 66 valence electrons. The van der Waals surface area contributed by atoms with E-state index in [2.05, 4.69) is 14.7 Å². The first kappa shape index (κ1) is 8.34. The molecule has 1 aromatic heterocycles. The monoisotopic (exact) mass is 171 g/mol. The third-order valence-electron chi connectivity index (χ3n) is 1.24. The Bertz CT molecular complexity index is 266. The number of nitrogens with zero attached hydrogens (tertiary/aromatic N) is 2. The van der Waals surface area contributed by atoms with Crippen LogP contribution in [0.2, 0.25) is 0 Å². The number of nitrogens with two attached hydrogens (primary N) is 2. The normalized spacial score (nSPS) is 9.50. The summed E-state index contributed by atoms with van der Waals surface area (Å²) >= 11 is 0. The van der Waals surface area contributed by atoms with Crippen molar-refractivity contribution in [1.82, 2.24) is 9.97 Å². The standard InChI is InChI=1S/C5H9N5O2/c1-12-5-8-3(6)2(10-11)4(7)9-5/h10-11H,1H3,(H4,6,7,8,9). The van der Waals surface area contributed by atoms with Gasteiger partial charge in [0.1, 0.15) is 5.69 Å². The van der Waals surface area contributed by atoms with Gasteiger partial charge in [-0.05, 0) is 0 Å². The summed E-state index contributed by atoms with van der Waals surface area (Å²) in [6.45, 7) is 0. The average molecular weight is 171 g/mol. The highest BCUT2D eigenvalue weighted by atomic mass is 16.5. The first-order valence-corrected chi connectivity index (χ1v) is 3.06.